The maximum absolute atomic E-state index is 12.1. The predicted molar refractivity (Wildman–Crippen MR) is 97.6 cm³/mol. The molecular weight excluding hydrogens is 376 g/mol. The number of para-hydroxylation sites is 2. The number of halogens is 1. The minimum Gasteiger partial charge on any atom is -0.488 e. The molecule has 1 amide bonds. The van der Waals surface area contributed by atoms with Gasteiger partial charge in [-0.1, -0.05) is 23.7 Å². The number of fused-ring (bicyclic) bond motifs is 1. The van der Waals surface area contributed by atoms with Crippen LogP contribution in [0.4, 0.5) is 11.4 Å². The van der Waals surface area contributed by atoms with E-state index in [1.165, 1.54) is 18.2 Å². The number of nitrogens with one attached hydrogen (secondary N) is 1. The van der Waals surface area contributed by atoms with Gasteiger partial charge < -0.3 is 14.8 Å². The zero-order valence-electron chi connectivity index (χ0n) is 13.8. The molecule has 2 aromatic carbocycles. The summed E-state index contributed by atoms with van der Waals surface area (Å²) < 4.78 is 10.4. The lowest BCUT2D eigenvalue weighted by Gasteiger charge is -2.17. The molecule has 0 aliphatic carbocycles. The van der Waals surface area contributed by atoms with Gasteiger partial charge in [-0.25, -0.2) is 4.79 Å². The highest BCUT2D eigenvalue weighted by Crippen LogP contribution is 2.29. The van der Waals surface area contributed by atoms with Crippen molar-refractivity contribution in [2.75, 3.05) is 18.5 Å². The summed E-state index contributed by atoms with van der Waals surface area (Å²) >= 11 is 5.92. The summed E-state index contributed by atoms with van der Waals surface area (Å²) in [7, 11) is 0. The Labute approximate surface area is 158 Å². The van der Waals surface area contributed by atoms with E-state index < -0.39 is 23.4 Å². The minimum atomic E-state index is -0.724. The number of ether oxygens (including phenoxy) is 2. The Balaban J connectivity index is 1.61. The molecule has 1 aliphatic rings. The fourth-order valence-corrected chi connectivity index (χ4v) is 2.60. The Bertz CT molecular complexity index is 957. The number of carbonyl (C=O) groups excluding carboxylic acids is 2. The summed E-state index contributed by atoms with van der Waals surface area (Å²) in [6, 6.07) is 10.7. The highest BCUT2D eigenvalue weighted by Gasteiger charge is 2.20. The number of hydrogen-bond acceptors (Lipinski definition) is 6. The van der Waals surface area contributed by atoms with E-state index in [0.717, 1.165) is 0 Å². The summed E-state index contributed by atoms with van der Waals surface area (Å²) in [4.78, 5) is 34.4. The van der Waals surface area contributed by atoms with Crippen LogP contribution in [0.15, 0.2) is 48.0 Å². The second kappa shape index (κ2) is 7.88. The van der Waals surface area contributed by atoms with Gasteiger partial charge in [0.2, 0.25) is 0 Å². The molecule has 0 fully saturated rings. The normalized spacial score (nSPS) is 12.3. The molecule has 0 bridgehead atoms. The zero-order chi connectivity index (χ0) is 19.4. The lowest BCUT2D eigenvalue weighted by Crippen LogP contribution is -2.24. The Morgan fingerprint density at radius 1 is 1.26 bits per heavy atom. The van der Waals surface area contributed by atoms with Gasteiger partial charge in [-0.05, 0) is 30.3 Å². The van der Waals surface area contributed by atoms with Crippen molar-refractivity contribution in [3.63, 3.8) is 0 Å². The molecule has 3 rings (SSSR count). The van der Waals surface area contributed by atoms with E-state index in [1.807, 2.05) is 0 Å². The second-order valence-electron chi connectivity index (χ2n) is 5.54. The number of nitro groups is 1. The number of anilines is 1. The fraction of sp³-hybridized carbons (Fsp3) is 0.111. The fourth-order valence-electron chi connectivity index (χ4n) is 2.41. The summed E-state index contributed by atoms with van der Waals surface area (Å²) in [5.41, 5.74) is 0.620. The number of esters is 1. The molecule has 0 radical (unpaired) electrons. The zero-order valence-corrected chi connectivity index (χ0v) is 14.6. The van der Waals surface area contributed by atoms with E-state index in [9.17, 15) is 19.7 Å². The van der Waals surface area contributed by atoms with E-state index >= 15 is 0 Å². The standard InChI is InChI=1S/C18H13ClN2O6/c19-13-5-6-16-11(8-13)7-12(9-26-16)18(23)27-10-17(22)20-14-3-1-2-4-15(14)21(24)25/h1-8H,9-10H2,(H,20,22). The molecule has 8 nitrogen and oxygen atoms in total. The van der Waals surface area contributed by atoms with Crippen LogP contribution in [0.3, 0.4) is 0 Å². The van der Waals surface area contributed by atoms with Crippen LogP contribution < -0.4 is 10.1 Å². The average Bonchev–Trinajstić information content (AvgIpc) is 2.65. The molecule has 1 heterocycles. The molecular formula is C18H13ClN2O6. The summed E-state index contributed by atoms with van der Waals surface area (Å²) in [5.74, 6) is -0.832. The quantitative estimate of drug-likeness (QED) is 0.478. The predicted octanol–water partition coefficient (Wildman–Crippen LogP) is 3.21. The van der Waals surface area contributed by atoms with Crippen molar-refractivity contribution >= 4 is 40.9 Å². The van der Waals surface area contributed by atoms with Crippen molar-refractivity contribution in [3.8, 4) is 5.75 Å². The van der Waals surface area contributed by atoms with Crippen LogP contribution in [0.2, 0.25) is 5.02 Å². The highest BCUT2D eigenvalue weighted by atomic mass is 35.5. The molecule has 0 unspecified atom stereocenters. The van der Waals surface area contributed by atoms with Gasteiger partial charge in [0.1, 0.15) is 18.0 Å². The van der Waals surface area contributed by atoms with E-state index in [1.54, 1.807) is 30.3 Å². The van der Waals surface area contributed by atoms with Crippen LogP contribution in [0, 0.1) is 10.1 Å². The van der Waals surface area contributed by atoms with Gasteiger partial charge in [0, 0.05) is 16.7 Å². The third kappa shape index (κ3) is 4.42. The molecule has 0 aromatic heterocycles. The number of benzene rings is 2. The first-order valence-electron chi connectivity index (χ1n) is 7.77. The summed E-state index contributed by atoms with van der Waals surface area (Å²) in [6.07, 6.45) is 1.58. The van der Waals surface area contributed by atoms with Gasteiger partial charge in [0.25, 0.3) is 11.6 Å². The Morgan fingerprint density at radius 3 is 2.81 bits per heavy atom. The van der Waals surface area contributed by atoms with Crippen LogP contribution in [-0.4, -0.2) is 30.0 Å². The van der Waals surface area contributed by atoms with Gasteiger partial charge in [0.05, 0.1) is 10.5 Å². The van der Waals surface area contributed by atoms with Crippen LogP contribution in [-0.2, 0) is 14.3 Å². The summed E-state index contributed by atoms with van der Waals surface area (Å²) in [6.45, 7) is -0.593. The molecule has 1 N–H and O–H groups in total. The number of nitro benzene ring substituents is 1. The van der Waals surface area contributed by atoms with Crippen LogP contribution in [0.5, 0.6) is 5.75 Å². The third-order valence-corrected chi connectivity index (χ3v) is 3.89. The first kappa shape index (κ1) is 18.4. The number of hydrogen-bond donors (Lipinski definition) is 1. The topological polar surface area (TPSA) is 108 Å². The van der Waals surface area contributed by atoms with Crippen molar-refractivity contribution in [3.05, 3.63) is 68.7 Å². The van der Waals surface area contributed by atoms with Gasteiger partial charge in [-0.3, -0.25) is 14.9 Å². The first-order chi connectivity index (χ1) is 12.9. The van der Waals surface area contributed by atoms with Crippen molar-refractivity contribution in [1.29, 1.82) is 0 Å². The Hall–Kier alpha value is -3.39. The van der Waals surface area contributed by atoms with Crippen molar-refractivity contribution in [2.45, 2.75) is 0 Å². The smallest absolute Gasteiger partial charge is 0.338 e. The maximum Gasteiger partial charge on any atom is 0.338 e. The largest absolute Gasteiger partial charge is 0.488 e. The molecule has 0 spiro atoms. The Kier molecular flexibility index (Phi) is 5.37. The van der Waals surface area contributed by atoms with Crippen molar-refractivity contribution in [2.24, 2.45) is 0 Å². The second-order valence-corrected chi connectivity index (χ2v) is 5.98. The minimum absolute atomic E-state index is 0.000752. The lowest BCUT2D eigenvalue weighted by molar-refractivity contribution is -0.383. The number of nitrogens with zero attached hydrogens (tertiary/aromatic N) is 1. The molecule has 0 atom stereocenters. The van der Waals surface area contributed by atoms with Gasteiger partial charge >= 0.3 is 5.97 Å². The highest BCUT2D eigenvalue weighted by molar-refractivity contribution is 6.30. The van der Waals surface area contributed by atoms with E-state index in [0.29, 0.717) is 16.3 Å². The number of carbonyl (C=O) groups is 2. The molecule has 0 saturated carbocycles. The van der Waals surface area contributed by atoms with Gasteiger partial charge in [0.15, 0.2) is 6.61 Å². The molecule has 0 saturated heterocycles. The van der Waals surface area contributed by atoms with E-state index in [2.05, 4.69) is 5.32 Å². The molecule has 27 heavy (non-hydrogen) atoms. The van der Waals surface area contributed by atoms with Crippen LogP contribution >= 0.6 is 11.6 Å². The molecule has 138 valence electrons. The van der Waals surface area contributed by atoms with Crippen molar-refractivity contribution in [1.82, 2.24) is 0 Å². The van der Waals surface area contributed by atoms with Crippen molar-refractivity contribution < 1.29 is 24.0 Å². The lowest BCUT2D eigenvalue weighted by atomic mass is 10.1. The van der Waals surface area contributed by atoms with Gasteiger partial charge in [-0.2, -0.15) is 0 Å². The van der Waals surface area contributed by atoms with E-state index in [4.69, 9.17) is 21.1 Å². The number of amides is 1. The number of rotatable bonds is 5. The third-order valence-electron chi connectivity index (χ3n) is 3.66. The summed E-state index contributed by atoms with van der Waals surface area (Å²) in [5, 5.41) is 13.8. The first-order valence-corrected chi connectivity index (χ1v) is 8.15. The van der Waals surface area contributed by atoms with E-state index in [-0.39, 0.29) is 23.6 Å². The molecule has 2 aromatic rings. The SMILES string of the molecule is O=C(COC(=O)C1=Cc2cc(Cl)ccc2OC1)Nc1ccccc1[N+](=O)[O-]. The molecule has 9 heteroatoms. The Morgan fingerprint density at radius 2 is 2.04 bits per heavy atom. The maximum atomic E-state index is 12.1. The van der Waals surface area contributed by atoms with Crippen LogP contribution in [0.25, 0.3) is 6.08 Å². The van der Waals surface area contributed by atoms with Gasteiger partial charge in [-0.15, -0.1) is 0 Å². The molecule has 1 aliphatic heterocycles. The monoisotopic (exact) mass is 388 g/mol. The average molecular weight is 389 g/mol. The van der Waals surface area contributed by atoms with Crippen LogP contribution in [0.1, 0.15) is 5.56 Å².